The lowest BCUT2D eigenvalue weighted by molar-refractivity contribution is 0.129. The molecule has 21 heavy (non-hydrogen) atoms. The van der Waals surface area contributed by atoms with Crippen molar-refractivity contribution in [2.75, 3.05) is 40.3 Å². The van der Waals surface area contributed by atoms with Gasteiger partial charge in [-0.15, -0.1) is 0 Å². The Morgan fingerprint density at radius 2 is 1.33 bits per heavy atom. The Kier molecular flexibility index (Phi) is 11.4. The Morgan fingerprint density at radius 3 is 1.67 bits per heavy atom. The number of hydrazine groups is 1. The van der Waals surface area contributed by atoms with E-state index < -0.39 is 0 Å². The molecule has 0 aromatic heterocycles. The van der Waals surface area contributed by atoms with Gasteiger partial charge in [-0.1, -0.05) is 41.0 Å². The summed E-state index contributed by atoms with van der Waals surface area (Å²) in [6, 6.07) is 0. The molecular formula is C18H41N3. The maximum absolute atomic E-state index is 3.14. The van der Waals surface area contributed by atoms with Gasteiger partial charge < -0.3 is 4.90 Å². The van der Waals surface area contributed by atoms with Crippen LogP contribution in [0.4, 0.5) is 0 Å². The van der Waals surface area contributed by atoms with Crippen LogP contribution in [-0.4, -0.2) is 50.2 Å². The molecule has 0 bridgehead atoms. The highest BCUT2D eigenvalue weighted by atomic mass is 15.5. The molecule has 0 unspecified atom stereocenters. The third-order valence-electron chi connectivity index (χ3n) is 4.62. The zero-order chi connectivity index (χ0) is 16.3. The predicted molar refractivity (Wildman–Crippen MR) is 95.5 cm³/mol. The van der Waals surface area contributed by atoms with Crippen LogP contribution < -0.4 is 5.43 Å². The Labute approximate surface area is 134 Å². The molecule has 3 heteroatoms. The van der Waals surface area contributed by atoms with E-state index in [4.69, 9.17) is 0 Å². The first kappa shape index (κ1) is 20.9. The summed E-state index contributed by atoms with van der Waals surface area (Å²) in [5.41, 5.74) is 3.67. The normalized spacial score (nSPS) is 21.9. The average molecular weight is 300 g/mol. The Morgan fingerprint density at radius 1 is 0.857 bits per heavy atom. The lowest BCUT2D eigenvalue weighted by Gasteiger charge is -2.37. The first-order chi connectivity index (χ1) is 9.93. The molecule has 2 aliphatic heterocycles. The molecule has 2 heterocycles. The summed E-state index contributed by atoms with van der Waals surface area (Å²) >= 11 is 0. The summed E-state index contributed by atoms with van der Waals surface area (Å²) in [5.74, 6) is 0.943. The lowest BCUT2D eigenvalue weighted by atomic mass is 9.75. The molecule has 128 valence electrons. The maximum Gasteiger partial charge on any atom is 0.0130 e. The summed E-state index contributed by atoms with van der Waals surface area (Å²) < 4.78 is 0. The van der Waals surface area contributed by atoms with Crippen molar-refractivity contribution in [2.24, 2.45) is 11.3 Å². The summed E-state index contributed by atoms with van der Waals surface area (Å²) in [5, 5.41) is 2.27. The SMILES string of the molecule is CC.CN1CCC(C(C)(C)C)CC1.CNN1CCCCC1. The van der Waals surface area contributed by atoms with E-state index in [1.165, 1.54) is 58.3 Å². The van der Waals surface area contributed by atoms with Crippen molar-refractivity contribution in [3.05, 3.63) is 0 Å². The van der Waals surface area contributed by atoms with Crippen molar-refractivity contribution in [1.29, 1.82) is 0 Å². The van der Waals surface area contributed by atoms with Gasteiger partial charge >= 0.3 is 0 Å². The summed E-state index contributed by atoms with van der Waals surface area (Å²) in [7, 11) is 4.21. The molecule has 0 aromatic rings. The molecule has 0 atom stereocenters. The molecule has 0 aromatic carbocycles. The molecule has 1 N–H and O–H groups in total. The van der Waals surface area contributed by atoms with Crippen molar-refractivity contribution in [3.8, 4) is 0 Å². The molecule has 2 fully saturated rings. The first-order valence-electron chi connectivity index (χ1n) is 9.04. The molecule has 0 saturated carbocycles. The summed E-state index contributed by atoms with van der Waals surface area (Å²) in [4.78, 5) is 2.43. The van der Waals surface area contributed by atoms with E-state index in [0.717, 1.165) is 5.92 Å². The molecule has 0 aliphatic carbocycles. The van der Waals surface area contributed by atoms with Crippen molar-refractivity contribution < 1.29 is 0 Å². The Hall–Kier alpha value is -0.120. The van der Waals surface area contributed by atoms with Crippen molar-refractivity contribution in [3.63, 3.8) is 0 Å². The van der Waals surface area contributed by atoms with Crippen LogP contribution in [0, 0.1) is 11.3 Å². The fourth-order valence-electron chi connectivity index (χ4n) is 2.99. The van der Waals surface area contributed by atoms with Gasteiger partial charge in [0, 0.05) is 13.1 Å². The van der Waals surface area contributed by atoms with Crippen molar-refractivity contribution in [2.45, 2.75) is 66.7 Å². The van der Waals surface area contributed by atoms with Crippen LogP contribution in [0.1, 0.15) is 66.7 Å². The fraction of sp³-hybridized carbons (Fsp3) is 1.00. The average Bonchev–Trinajstić information content (AvgIpc) is 2.50. The van der Waals surface area contributed by atoms with Gasteiger partial charge in [0.25, 0.3) is 0 Å². The van der Waals surface area contributed by atoms with Gasteiger partial charge in [-0.2, -0.15) is 0 Å². The van der Waals surface area contributed by atoms with Crippen LogP contribution in [0.2, 0.25) is 0 Å². The molecule has 0 radical (unpaired) electrons. The molecule has 2 saturated heterocycles. The lowest BCUT2D eigenvalue weighted by Crippen LogP contribution is -2.38. The highest BCUT2D eigenvalue weighted by Crippen LogP contribution is 2.33. The van der Waals surface area contributed by atoms with Crippen LogP contribution in [0.3, 0.4) is 0 Å². The standard InChI is InChI=1S/C10H21N.C6H14N2.C2H6/c1-10(2,3)9-5-7-11(4)8-6-9;1-7-8-5-3-2-4-6-8;1-2/h9H,5-8H2,1-4H3;7H,2-6H2,1H3;1-2H3. The minimum atomic E-state index is 0.529. The summed E-state index contributed by atoms with van der Waals surface area (Å²) in [6.45, 7) is 16.1. The predicted octanol–water partition coefficient (Wildman–Crippen LogP) is 4.01. The molecular weight excluding hydrogens is 258 g/mol. The molecule has 0 amide bonds. The molecule has 3 nitrogen and oxygen atoms in total. The van der Waals surface area contributed by atoms with Gasteiger partial charge in [0.1, 0.15) is 0 Å². The summed E-state index contributed by atoms with van der Waals surface area (Å²) in [6.07, 6.45) is 6.92. The van der Waals surface area contributed by atoms with Crippen LogP contribution in [0.15, 0.2) is 0 Å². The number of hydrogen-bond donors (Lipinski definition) is 1. The first-order valence-corrected chi connectivity index (χ1v) is 9.04. The number of piperidine rings is 2. The second-order valence-corrected chi connectivity index (χ2v) is 7.21. The highest BCUT2D eigenvalue weighted by molar-refractivity contribution is 4.79. The minimum absolute atomic E-state index is 0.529. The van der Waals surface area contributed by atoms with E-state index in [-0.39, 0.29) is 0 Å². The molecule has 2 rings (SSSR count). The van der Waals surface area contributed by atoms with Gasteiger partial charge in [-0.3, -0.25) is 5.43 Å². The zero-order valence-electron chi connectivity index (χ0n) is 15.8. The van der Waals surface area contributed by atoms with E-state index in [9.17, 15) is 0 Å². The number of rotatable bonds is 1. The van der Waals surface area contributed by atoms with Crippen LogP contribution in [0.25, 0.3) is 0 Å². The van der Waals surface area contributed by atoms with Crippen LogP contribution in [-0.2, 0) is 0 Å². The highest BCUT2D eigenvalue weighted by Gasteiger charge is 2.27. The maximum atomic E-state index is 3.14. The fourth-order valence-corrected chi connectivity index (χ4v) is 2.99. The number of hydrogen-bond acceptors (Lipinski definition) is 3. The topological polar surface area (TPSA) is 18.5 Å². The van der Waals surface area contributed by atoms with Crippen LogP contribution >= 0.6 is 0 Å². The van der Waals surface area contributed by atoms with E-state index in [1.54, 1.807) is 0 Å². The van der Waals surface area contributed by atoms with Crippen LogP contribution in [0.5, 0.6) is 0 Å². The number of likely N-dealkylation sites (tertiary alicyclic amines) is 1. The van der Waals surface area contributed by atoms with Gasteiger partial charge in [0.05, 0.1) is 0 Å². The Bertz CT molecular complexity index is 221. The number of nitrogens with zero attached hydrogens (tertiary/aromatic N) is 2. The second kappa shape index (κ2) is 11.4. The van der Waals surface area contributed by atoms with E-state index >= 15 is 0 Å². The largest absolute Gasteiger partial charge is 0.306 e. The van der Waals surface area contributed by atoms with E-state index in [2.05, 4.69) is 43.2 Å². The van der Waals surface area contributed by atoms with Gasteiger partial charge in [-0.25, -0.2) is 5.01 Å². The van der Waals surface area contributed by atoms with E-state index in [0.29, 0.717) is 5.41 Å². The van der Waals surface area contributed by atoms with Gasteiger partial charge in [0.15, 0.2) is 0 Å². The Balaban J connectivity index is 0.000000354. The zero-order valence-corrected chi connectivity index (χ0v) is 15.8. The van der Waals surface area contributed by atoms with Crippen molar-refractivity contribution in [1.82, 2.24) is 15.3 Å². The van der Waals surface area contributed by atoms with E-state index in [1.807, 2.05) is 20.9 Å². The quantitative estimate of drug-likeness (QED) is 0.789. The monoisotopic (exact) mass is 299 g/mol. The third kappa shape index (κ3) is 9.49. The molecule has 2 aliphatic rings. The van der Waals surface area contributed by atoms with Gasteiger partial charge in [-0.05, 0) is 64.2 Å². The second-order valence-electron chi connectivity index (χ2n) is 7.21. The number of nitrogens with one attached hydrogen (secondary N) is 1. The minimum Gasteiger partial charge on any atom is -0.306 e. The van der Waals surface area contributed by atoms with Gasteiger partial charge in [0.2, 0.25) is 0 Å². The van der Waals surface area contributed by atoms with Crippen molar-refractivity contribution >= 4 is 0 Å². The molecule has 0 spiro atoms. The smallest absolute Gasteiger partial charge is 0.0130 e. The third-order valence-corrected chi connectivity index (χ3v) is 4.62.